The van der Waals surface area contributed by atoms with Gasteiger partial charge in [-0.25, -0.2) is 9.98 Å². The number of amidine groups is 2. The molecule has 1 aliphatic carbocycles. The summed E-state index contributed by atoms with van der Waals surface area (Å²) >= 11 is 0. The van der Waals surface area contributed by atoms with Gasteiger partial charge < -0.3 is 4.90 Å². The first-order valence-electron chi connectivity index (χ1n) is 12.0. The molecule has 3 aliphatic heterocycles. The van der Waals surface area contributed by atoms with Crippen LogP contribution in [-0.4, -0.2) is 47.8 Å². The zero-order valence-corrected chi connectivity index (χ0v) is 18.7. The molecule has 2 fully saturated rings. The molecule has 1 amide bonds. The molecule has 2 unspecified atom stereocenters. The number of carbonyl (C=O) groups is 1. The van der Waals surface area contributed by atoms with E-state index in [2.05, 4.69) is 75.7 Å². The van der Waals surface area contributed by atoms with Crippen LogP contribution in [0.3, 0.4) is 0 Å². The molecular weight excluding hydrogens is 408 g/mol. The Kier molecular flexibility index (Phi) is 5.25. The van der Waals surface area contributed by atoms with E-state index in [1.54, 1.807) is 6.21 Å². The van der Waals surface area contributed by atoms with Crippen molar-refractivity contribution in [3.8, 4) is 11.1 Å². The first-order valence-corrected chi connectivity index (χ1v) is 12.0. The number of aliphatic imine (C=N–C) groups is 3. The van der Waals surface area contributed by atoms with Crippen molar-refractivity contribution in [1.82, 2.24) is 4.90 Å². The lowest BCUT2D eigenvalue weighted by Gasteiger charge is -2.23. The minimum absolute atomic E-state index is 0.0208. The standard InChI is InChI=1S/C28H28N4O/c33-28(27-30-23-10-6-7-13-29-26(16-23)31-27)32-17-21-14-20(15-22(21)18-32)25-12-5-4-11-24(25)19-8-2-1-3-9-19/h1-9,11-13,20-23H,10,14-18H2/b7-6-,29-13?/t20?,21-,22+,23?. The van der Waals surface area contributed by atoms with E-state index >= 15 is 0 Å². The SMILES string of the molecule is O=C(C1=NC2C/C=C\C=NC(=N1)C2)N1C[C@H]2CC(c3ccccc3-c3ccccc3)C[C@H]2C1. The Balaban J connectivity index is 1.16. The Morgan fingerprint density at radius 1 is 0.939 bits per heavy atom. The monoisotopic (exact) mass is 436 g/mol. The Morgan fingerprint density at radius 3 is 2.52 bits per heavy atom. The number of carbonyl (C=O) groups excluding carboxylic acids is 1. The van der Waals surface area contributed by atoms with Gasteiger partial charge in [0, 0.05) is 25.7 Å². The van der Waals surface area contributed by atoms with Gasteiger partial charge in [-0.15, -0.1) is 0 Å². The largest absolute Gasteiger partial charge is 0.335 e. The number of nitrogens with zero attached hydrogens (tertiary/aromatic N) is 4. The molecule has 5 heteroatoms. The molecule has 5 nitrogen and oxygen atoms in total. The van der Waals surface area contributed by atoms with E-state index in [4.69, 9.17) is 0 Å². The van der Waals surface area contributed by atoms with E-state index in [0.717, 1.165) is 38.2 Å². The van der Waals surface area contributed by atoms with Gasteiger partial charge in [0.1, 0.15) is 5.84 Å². The Bertz CT molecular complexity index is 1170. The first-order chi connectivity index (χ1) is 16.2. The van der Waals surface area contributed by atoms with Crippen LogP contribution in [0.25, 0.3) is 11.1 Å². The van der Waals surface area contributed by atoms with Crippen molar-refractivity contribution in [1.29, 1.82) is 0 Å². The van der Waals surface area contributed by atoms with E-state index < -0.39 is 0 Å². The lowest BCUT2D eigenvalue weighted by Crippen LogP contribution is -2.37. The van der Waals surface area contributed by atoms with Crippen molar-refractivity contribution >= 4 is 23.8 Å². The van der Waals surface area contributed by atoms with Crippen LogP contribution >= 0.6 is 0 Å². The third kappa shape index (κ3) is 3.97. The predicted octanol–water partition coefficient (Wildman–Crippen LogP) is 4.91. The van der Waals surface area contributed by atoms with Crippen LogP contribution in [-0.2, 0) is 4.79 Å². The number of rotatable bonds is 3. The average molecular weight is 437 g/mol. The maximum atomic E-state index is 13.3. The van der Waals surface area contributed by atoms with Gasteiger partial charge in [-0.2, -0.15) is 0 Å². The molecule has 0 aromatic heterocycles. The molecular formula is C28H28N4O. The van der Waals surface area contributed by atoms with Crippen molar-refractivity contribution in [2.24, 2.45) is 26.8 Å². The van der Waals surface area contributed by atoms with Crippen molar-refractivity contribution in [2.45, 2.75) is 37.6 Å². The normalized spacial score (nSPS) is 29.0. The number of hydrogen-bond acceptors (Lipinski definition) is 4. The Labute approximate surface area is 194 Å². The number of hydrogen-bond donors (Lipinski definition) is 0. The minimum Gasteiger partial charge on any atom is -0.335 e. The smallest absolute Gasteiger partial charge is 0.291 e. The molecule has 33 heavy (non-hydrogen) atoms. The number of likely N-dealkylation sites (tertiary alicyclic amines) is 1. The minimum atomic E-state index is -0.0208. The number of allylic oxidation sites excluding steroid dienone is 1. The lowest BCUT2D eigenvalue weighted by molar-refractivity contribution is -0.123. The molecule has 1 saturated heterocycles. The second-order valence-corrected chi connectivity index (χ2v) is 9.63. The van der Waals surface area contributed by atoms with E-state index in [0.29, 0.717) is 30.0 Å². The summed E-state index contributed by atoms with van der Waals surface area (Å²) < 4.78 is 0. The molecule has 2 aromatic carbocycles. The topological polar surface area (TPSA) is 57.4 Å². The van der Waals surface area contributed by atoms with Crippen molar-refractivity contribution in [3.63, 3.8) is 0 Å². The second-order valence-electron chi connectivity index (χ2n) is 9.63. The van der Waals surface area contributed by atoms with Crippen LogP contribution in [0, 0.1) is 11.8 Å². The van der Waals surface area contributed by atoms with Crippen LogP contribution < -0.4 is 0 Å². The van der Waals surface area contributed by atoms with E-state index in [1.807, 2.05) is 11.0 Å². The summed E-state index contributed by atoms with van der Waals surface area (Å²) in [5.74, 6) is 2.69. The van der Waals surface area contributed by atoms with Crippen LogP contribution in [0.4, 0.5) is 0 Å². The maximum absolute atomic E-state index is 13.3. The summed E-state index contributed by atoms with van der Waals surface area (Å²) in [7, 11) is 0. The molecule has 2 aromatic rings. The maximum Gasteiger partial charge on any atom is 0.291 e. The Hall–Kier alpha value is -3.34. The highest BCUT2D eigenvalue weighted by Crippen LogP contribution is 2.48. The average Bonchev–Trinajstić information content (AvgIpc) is 3.42. The fourth-order valence-electron chi connectivity index (χ4n) is 5.97. The summed E-state index contributed by atoms with van der Waals surface area (Å²) in [6.45, 7) is 1.62. The molecule has 3 heterocycles. The van der Waals surface area contributed by atoms with Crippen LogP contribution in [0.2, 0.25) is 0 Å². The van der Waals surface area contributed by atoms with Crippen molar-refractivity contribution < 1.29 is 4.79 Å². The molecule has 2 bridgehead atoms. The summed E-state index contributed by atoms with van der Waals surface area (Å²) in [6.07, 6.45) is 9.57. The highest BCUT2D eigenvalue weighted by molar-refractivity contribution is 6.40. The van der Waals surface area contributed by atoms with Gasteiger partial charge in [-0.1, -0.05) is 60.7 Å². The summed E-state index contributed by atoms with van der Waals surface area (Å²) in [5, 5.41) is 0. The summed E-state index contributed by atoms with van der Waals surface area (Å²) in [6, 6.07) is 19.6. The van der Waals surface area contributed by atoms with Crippen LogP contribution in [0.1, 0.15) is 37.2 Å². The van der Waals surface area contributed by atoms with Gasteiger partial charge in [0.05, 0.1) is 6.04 Å². The third-order valence-electron chi connectivity index (χ3n) is 7.53. The zero-order valence-electron chi connectivity index (χ0n) is 18.7. The molecule has 166 valence electrons. The third-order valence-corrected chi connectivity index (χ3v) is 7.53. The zero-order chi connectivity index (χ0) is 22.2. The van der Waals surface area contributed by atoms with E-state index in [1.165, 1.54) is 16.7 Å². The van der Waals surface area contributed by atoms with Gasteiger partial charge in [-0.05, 0) is 59.8 Å². The van der Waals surface area contributed by atoms with E-state index in [-0.39, 0.29) is 11.9 Å². The van der Waals surface area contributed by atoms with Crippen molar-refractivity contribution in [2.75, 3.05) is 13.1 Å². The second kappa shape index (κ2) is 8.54. The van der Waals surface area contributed by atoms with Crippen LogP contribution in [0.15, 0.2) is 81.7 Å². The van der Waals surface area contributed by atoms with Crippen LogP contribution in [0.5, 0.6) is 0 Å². The fourth-order valence-corrected chi connectivity index (χ4v) is 5.97. The van der Waals surface area contributed by atoms with Gasteiger partial charge in [-0.3, -0.25) is 9.79 Å². The number of fused-ring (bicyclic) bond motifs is 3. The fraction of sp³-hybridized carbons (Fsp3) is 0.357. The highest BCUT2D eigenvalue weighted by Gasteiger charge is 2.44. The van der Waals surface area contributed by atoms with E-state index in [9.17, 15) is 4.79 Å². The Morgan fingerprint density at radius 2 is 1.70 bits per heavy atom. The van der Waals surface area contributed by atoms with Gasteiger partial charge >= 0.3 is 0 Å². The molecule has 6 rings (SSSR count). The van der Waals surface area contributed by atoms with Crippen molar-refractivity contribution in [3.05, 3.63) is 72.3 Å². The number of amides is 1. The summed E-state index contributed by atoms with van der Waals surface area (Å²) in [4.78, 5) is 28.8. The predicted molar refractivity (Wildman–Crippen MR) is 133 cm³/mol. The van der Waals surface area contributed by atoms with Gasteiger partial charge in [0.15, 0.2) is 0 Å². The number of benzene rings is 2. The molecule has 4 aliphatic rings. The molecule has 1 saturated carbocycles. The molecule has 4 atom stereocenters. The summed E-state index contributed by atoms with van der Waals surface area (Å²) in [5.41, 5.74) is 4.08. The molecule has 0 radical (unpaired) electrons. The highest BCUT2D eigenvalue weighted by atomic mass is 16.2. The van der Waals surface area contributed by atoms with Gasteiger partial charge in [0.2, 0.25) is 5.84 Å². The molecule has 0 spiro atoms. The lowest BCUT2D eigenvalue weighted by atomic mass is 9.88. The quantitative estimate of drug-likeness (QED) is 0.675. The van der Waals surface area contributed by atoms with Gasteiger partial charge in [0.25, 0.3) is 5.91 Å². The first kappa shape index (κ1) is 20.3. The molecule has 0 N–H and O–H groups in total.